The van der Waals surface area contributed by atoms with Gasteiger partial charge in [0.2, 0.25) is 5.91 Å². The van der Waals surface area contributed by atoms with Crippen molar-refractivity contribution in [2.24, 2.45) is 0 Å². The topological polar surface area (TPSA) is 88.7 Å². The minimum absolute atomic E-state index is 0.00318. The van der Waals surface area contributed by atoms with Crippen LogP contribution in [0.3, 0.4) is 0 Å². The van der Waals surface area contributed by atoms with Gasteiger partial charge in [0.1, 0.15) is 0 Å². The monoisotopic (exact) mass is 637 g/mol. The van der Waals surface area contributed by atoms with Gasteiger partial charge in [-0.05, 0) is 40.4 Å². The Balaban J connectivity index is 2.25. The van der Waals surface area contributed by atoms with Crippen LogP contribution in [0, 0.1) is 11.6 Å². The molecule has 0 unspecified atom stereocenters. The molecule has 1 aromatic rings. The average molecular weight is 638 g/mol. The summed E-state index contributed by atoms with van der Waals surface area (Å²) >= 11 is -0.614. The summed E-state index contributed by atoms with van der Waals surface area (Å²) in [5, 5.41) is 4.81. The number of carbonyl (C=O) groups excluding carboxylic acids is 2. The van der Waals surface area contributed by atoms with E-state index in [9.17, 15) is 18.4 Å². The summed E-state index contributed by atoms with van der Waals surface area (Å²) in [6, 6.07) is 1.07. The maximum Gasteiger partial charge on any atom is 0.277 e. The Morgan fingerprint density at radius 2 is 1.86 bits per heavy atom. The zero-order valence-electron chi connectivity index (χ0n) is 20.9. The first-order chi connectivity index (χ1) is 16.8. The number of carbonyl (C=O) groups is 2. The second kappa shape index (κ2) is 12.8. The van der Waals surface area contributed by atoms with Crippen molar-refractivity contribution >= 4 is 50.6 Å². The van der Waals surface area contributed by atoms with Crippen molar-refractivity contribution in [2.75, 3.05) is 18.5 Å². The molecule has 0 bridgehead atoms. The van der Waals surface area contributed by atoms with Gasteiger partial charge in [-0.15, -0.1) is 0 Å². The minimum atomic E-state index is -2.01. The molecule has 198 valence electrons. The van der Waals surface area contributed by atoms with E-state index in [1.54, 1.807) is 4.08 Å². The van der Waals surface area contributed by atoms with Crippen LogP contribution in [-0.2, 0) is 20.6 Å². The molecule has 0 atom stereocenters. The van der Waals surface area contributed by atoms with Gasteiger partial charge in [0.15, 0.2) is 25.8 Å². The highest BCUT2D eigenvalue weighted by molar-refractivity contribution is 14.2. The van der Waals surface area contributed by atoms with Gasteiger partial charge >= 0.3 is 0 Å². The normalized spacial score (nSPS) is 13.8. The van der Waals surface area contributed by atoms with E-state index in [4.69, 9.17) is 9.26 Å². The van der Waals surface area contributed by atoms with E-state index in [0.29, 0.717) is 0 Å². The average Bonchev–Trinajstić information content (AvgIpc) is 2.81. The lowest BCUT2D eigenvalue weighted by Crippen LogP contribution is -2.42. The van der Waals surface area contributed by atoms with Crippen LogP contribution >= 0.6 is 20.7 Å². The van der Waals surface area contributed by atoms with Gasteiger partial charge in [-0.25, -0.2) is 18.7 Å². The molecular weight excluding hydrogens is 606 g/mol. The van der Waals surface area contributed by atoms with Crippen LogP contribution in [0.1, 0.15) is 36.7 Å². The Morgan fingerprint density at radius 3 is 2.47 bits per heavy atom. The van der Waals surface area contributed by atoms with Crippen LogP contribution in [0.15, 0.2) is 40.4 Å². The lowest BCUT2D eigenvalue weighted by atomic mass is 10.1. The predicted molar refractivity (Wildman–Crippen MR) is 146 cm³/mol. The highest BCUT2D eigenvalue weighted by Crippen LogP contribution is 2.36. The lowest BCUT2D eigenvalue weighted by Gasteiger charge is -2.36. The van der Waals surface area contributed by atoms with E-state index in [1.165, 1.54) is 10.1 Å². The smallest absolute Gasteiger partial charge is 0.277 e. The first-order valence-corrected chi connectivity index (χ1v) is 16.4. The molecule has 0 radical (unpaired) electrons. The van der Waals surface area contributed by atoms with Crippen molar-refractivity contribution < 1.29 is 32.0 Å². The van der Waals surface area contributed by atoms with Crippen molar-refractivity contribution in [3.05, 3.63) is 63.2 Å². The van der Waals surface area contributed by atoms with Gasteiger partial charge in [-0.2, -0.15) is 0 Å². The highest BCUT2D eigenvalue weighted by atomic mass is 127. The maximum atomic E-state index is 15.1. The summed E-state index contributed by atoms with van der Waals surface area (Å²) in [5.41, 5.74) is 0.904. The zero-order chi connectivity index (χ0) is 27.1. The van der Waals surface area contributed by atoms with E-state index >= 15 is 4.39 Å². The fourth-order valence-corrected chi connectivity index (χ4v) is 5.11. The van der Waals surface area contributed by atoms with E-state index in [0.717, 1.165) is 12.1 Å². The summed E-state index contributed by atoms with van der Waals surface area (Å²) in [5.74, 6) is -4.82. The Bertz CT molecular complexity index is 1110. The predicted octanol–water partition coefficient (Wildman–Crippen LogP) is 5.34. The molecule has 1 aromatic carbocycles. The summed E-state index contributed by atoms with van der Waals surface area (Å²) in [6.07, 6.45) is 2.38. The molecule has 0 saturated carbocycles. The molecule has 0 aliphatic carbocycles. The van der Waals surface area contributed by atoms with Crippen LogP contribution in [-0.4, -0.2) is 37.4 Å². The largest absolute Gasteiger partial charge is 0.414 e. The lowest BCUT2D eigenvalue weighted by molar-refractivity contribution is -0.116. The molecule has 12 heteroatoms. The first kappa shape index (κ1) is 29.9. The van der Waals surface area contributed by atoms with Gasteiger partial charge in [-0.3, -0.25) is 14.4 Å². The molecule has 2 amide bonds. The number of hydroxylamine groups is 1. The van der Waals surface area contributed by atoms with E-state index in [-0.39, 0.29) is 35.1 Å². The number of benzene rings is 1. The number of rotatable bonds is 11. The van der Waals surface area contributed by atoms with Gasteiger partial charge in [0, 0.05) is 16.1 Å². The maximum absolute atomic E-state index is 15.1. The third kappa shape index (κ3) is 7.85. The van der Waals surface area contributed by atoms with Crippen LogP contribution in [0.5, 0.6) is 0 Å². The number of hydrogen-bond donors (Lipinski definition) is 3. The summed E-state index contributed by atoms with van der Waals surface area (Å²) in [6.45, 7) is 13.6. The first-order valence-electron chi connectivity index (χ1n) is 11.0. The highest BCUT2D eigenvalue weighted by Gasteiger charge is 2.37. The molecule has 1 aliphatic heterocycles. The van der Waals surface area contributed by atoms with E-state index in [2.05, 4.69) is 56.6 Å². The Kier molecular flexibility index (Phi) is 10.6. The number of hydrogen-bond acceptors (Lipinski definition) is 5. The molecule has 0 aromatic heterocycles. The molecule has 0 fully saturated rings. The Hall–Kier alpha value is -2.29. The number of allylic oxidation sites excluding steroid dienone is 2. The molecule has 1 aliphatic rings. The third-order valence-electron chi connectivity index (χ3n) is 5.76. The van der Waals surface area contributed by atoms with Gasteiger partial charge in [-0.1, -0.05) is 48.1 Å². The Labute approximate surface area is 220 Å². The Morgan fingerprint density at radius 1 is 1.17 bits per heavy atom. The molecule has 2 rings (SSSR count). The fraction of sp³-hybridized carbons (Fsp3) is 0.375. The van der Waals surface area contributed by atoms with E-state index < -0.39 is 70.6 Å². The molecular formula is C24H31F3IN3O4Si. The summed E-state index contributed by atoms with van der Waals surface area (Å²) in [4.78, 5) is 29.6. The van der Waals surface area contributed by atoms with Crippen LogP contribution in [0.4, 0.5) is 18.9 Å². The number of nitrogens with one attached hydrogen (secondary N) is 3. The summed E-state index contributed by atoms with van der Waals surface area (Å²) in [7, 11) is -2.01. The van der Waals surface area contributed by atoms with Gasteiger partial charge in [0.25, 0.3) is 5.91 Å². The SMILES string of the molecule is C=CC(=O)NCc1cc(C(=O)NOCCO[Si](C)(C)C(C)(C)C)c(NC2=C(F)C=IC=C2)c(F)c1F. The van der Waals surface area contributed by atoms with Crippen molar-refractivity contribution in [3.8, 4) is 0 Å². The minimum Gasteiger partial charge on any atom is -0.414 e. The number of halogens is 4. The van der Waals surface area contributed by atoms with Crippen molar-refractivity contribution in [1.29, 1.82) is 0 Å². The van der Waals surface area contributed by atoms with Crippen molar-refractivity contribution in [1.82, 2.24) is 10.8 Å². The van der Waals surface area contributed by atoms with Crippen LogP contribution in [0.2, 0.25) is 18.1 Å². The molecule has 0 spiro atoms. The standard InChI is InChI=1S/C24H31F3IN3O4Si/c1-7-19(32)29-14-15-12-16(23(33)31-34-10-11-35-36(5,6)24(2,3)4)22(21(27)20(15)26)30-18-8-9-28-13-17(18)25/h7-9,12-13,30H,1,10-11,14H2,2-6H3,(H,29,32)(H,31,33). The zero-order valence-corrected chi connectivity index (χ0v) is 24.0. The number of amides is 2. The fourth-order valence-electron chi connectivity index (χ4n) is 2.66. The third-order valence-corrected chi connectivity index (χ3v) is 12.0. The van der Waals surface area contributed by atoms with Crippen LogP contribution < -0.4 is 16.1 Å². The summed E-state index contributed by atoms with van der Waals surface area (Å²) < 4.78 is 53.1. The van der Waals surface area contributed by atoms with Gasteiger partial charge in [0.05, 0.1) is 30.2 Å². The quantitative estimate of drug-likeness (QED) is 0.100. The second-order valence-corrected chi connectivity index (χ2v) is 16.2. The molecule has 1 heterocycles. The molecule has 7 nitrogen and oxygen atoms in total. The number of anilines is 1. The van der Waals surface area contributed by atoms with E-state index in [1.807, 2.05) is 0 Å². The molecule has 0 saturated heterocycles. The second-order valence-electron chi connectivity index (χ2n) is 9.31. The van der Waals surface area contributed by atoms with Crippen molar-refractivity contribution in [3.63, 3.8) is 0 Å². The van der Waals surface area contributed by atoms with Crippen molar-refractivity contribution in [2.45, 2.75) is 45.4 Å². The van der Waals surface area contributed by atoms with Gasteiger partial charge < -0.3 is 15.1 Å². The molecule has 3 N–H and O–H groups in total. The molecule has 36 heavy (non-hydrogen) atoms. The van der Waals surface area contributed by atoms with Crippen LogP contribution in [0.25, 0.3) is 0 Å².